The van der Waals surface area contributed by atoms with Crippen molar-refractivity contribution in [1.29, 1.82) is 0 Å². The Morgan fingerprint density at radius 1 is 0.493 bits per heavy atom. The molecule has 8 aromatic carbocycles. The van der Waals surface area contributed by atoms with Gasteiger partial charge in [-0.3, -0.25) is 0 Å². The van der Waals surface area contributed by atoms with Gasteiger partial charge in [0, 0.05) is 61.4 Å². The molecule has 0 N–H and O–H groups in total. The first-order chi connectivity index (χ1) is 34.1. The van der Waals surface area contributed by atoms with Gasteiger partial charge in [0.15, 0.2) is 0 Å². The molecular weight excluding hydrogens is 862 g/mol. The van der Waals surface area contributed by atoms with Gasteiger partial charge in [-0.25, -0.2) is 0 Å². The van der Waals surface area contributed by atoms with Gasteiger partial charge in [-0.1, -0.05) is 158 Å². The molecule has 1 fully saturated rings. The first-order valence-corrected chi connectivity index (χ1v) is 26.3. The topological polar surface area (TPSA) is 22.9 Å². The van der Waals surface area contributed by atoms with Crippen molar-refractivity contribution >= 4 is 90.5 Å². The molecular formula is C66H60BN3O. The van der Waals surface area contributed by atoms with E-state index < -0.39 is 0 Å². The first kappa shape index (κ1) is 41.8. The summed E-state index contributed by atoms with van der Waals surface area (Å²) in [4.78, 5) is 8.18. The lowest BCUT2D eigenvalue weighted by molar-refractivity contribution is 0.195. The van der Waals surface area contributed by atoms with Crippen LogP contribution in [0.25, 0.3) is 33.1 Å². The van der Waals surface area contributed by atoms with E-state index in [1.807, 2.05) is 0 Å². The van der Waals surface area contributed by atoms with E-state index in [-0.39, 0.29) is 33.9 Å². The Balaban J connectivity index is 1.11. The molecule has 1 saturated carbocycles. The zero-order valence-electron chi connectivity index (χ0n) is 42.6. The van der Waals surface area contributed by atoms with E-state index in [2.05, 4.69) is 229 Å². The van der Waals surface area contributed by atoms with Crippen molar-refractivity contribution in [1.82, 2.24) is 0 Å². The van der Waals surface area contributed by atoms with Crippen molar-refractivity contribution in [2.45, 2.75) is 115 Å². The molecule has 3 unspecified atom stereocenters. The second-order valence-electron chi connectivity index (χ2n) is 24.6. The Kier molecular flexibility index (Phi) is 7.94. The molecule has 4 nitrogen and oxygen atoms in total. The molecule has 1 aromatic heterocycles. The van der Waals surface area contributed by atoms with Crippen LogP contribution in [-0.2, 0) is 21.7 Å². The summed E-state index contributed by atoms with van der Waals surface area (Å²) in [5.41, 5.74) is 26.6. The predicted octanol–water partition coefficient (Wildman–Crippen LogP) is 15.7. The van der Waals surface area contributed by atoms with Gasteiger partial charge in [-0.2, -0.15) is 0 Å². The molecule has 0 radical (unpaired) electrons. The van der Waals surface area contributed by atoms with Gasteiger partial charge in [0.25, 0.3) is 6.71 Å². The molecule has 0 bridgehead atoms. The molecule has 15 rings (SSSR count). The highest BCUT2D eigenvalue weighted by molar-refractivity contribution is 7.00. The number of nitrogens with zero attached hydrogens (tertiary/aromatic N) is 3. The lowest BCUT2D eigenvalue weighted by Gasteiger charge is -2.52. The van der Waals surface area contributed by atoms with Crippen LogP contribution in [0.2, 0.25) is 0 Å². The third-order valence-electron chi connectivity index (χ3n) is 18.8. The van der Waals surface area contributed by atoms with Crippen LogP contribution >= 0.6 is 0 Å². The van der Waals surface area contributed by atoms with Gasteiger partial charge in [-0.05, 0) is 153 Å². The number of furan rings is 1. The van der Waals surface area contributed by atoms with Crippen LogP contribution in [0.4, 0.5) is 45.5 Å². The van der Waals surface area contributed by atoms with E-state index in [0.717, 1.165) is 34.0 Å². The fourth-order valence-electron chi connectivity index (χ4n) is 15.1. The van der Waals surface area contributed by atoms with Gasteiger partial charge >= 0.3 is 0 Å². The number of anilines is 8. The predicted molar refractivity (Wildman–Crippen MR) is 299 cm³/mol. The SMILES string of the molecule is CC(C)(C)c1ccc2c(c1)B1c3cc(C(C)(C)C)cc4c3N(c3cc(N5c6ccccc6C6(C)CCCCC56C)cc(c31)N2c1ccc2oc3ccccc3c2c1)c1cccc2c1C4(C)c1ccccc1-2. The normalized spacial score (nSPS) is 22.0. The van der Waals surface area contributed by atoms with Crippen LogP contribution in [0.15, 0.2) is 156 Å². The third-order valence-corrected chi connectivity index (χ3v) is 18.8. The minimum Gasteiger partial charge on any atom is -0.456 e. The highest BCUT2D eigenvalue weighted by Gasteiger charge is 2.59. The Bertz CT molecular complexity index is 3850. The Morgan fingerprint density at radius 3 is 1.99 bits per heavy atom. The number of hydrogen-bond donors (Lipinski definition) is 0. The van der Waals surface area contributed by atoms with E-state index in [0.29, 0.717) is 0 Å². The molecule has 348 valence electrons. The number of para-hydroxylation sites is 2. The Labute approximate surface area is 419 Å². The summed E-state index contributed by atoms with van der Waals surface area (Å²) in [6.45, 7) is 21.9. The summed E-state index contributed by atoms with van der Waals surface area (Å²) in [5.74, 6) is 0. The number of fused-ring (bicyclic) bond motifs is 15. The molecule has 3 atom stereocenters. The summed E-state index contributed by atoms with van der Waals surface area (Å²) in [7, 11) is 0. The van der Waals surface area contributed by atoms with E-state index in [1.54, 1.807) is 0 Å². The van der Waals surface area contributed by atoms with Crippen molar-refractivity contribution in [3.8, 4) is 11.1 Å². The van der Waals surface area contributed by atoms with Crippen LogP contribution in [0.1, 0.15) is 121 Å². The minimum atomic E-state index is -0.354. The average Bonchev–Trinajstić information content (AvgIpc) is 3.94. The molecule has 0 saturated heterocycles. The number of rotatable bonds is 2. The molecule has 0 spiro atoms. The van der Waals surface area contributed by atoms with Gasteiger partial charge in [0.1, 0.15) is 11.2 Å². The molecule has 2 aliphatic carbocycles. The lowest BCUT2D eigenvalue weighted by atomic mass is 9.32. The summed E-state index contributed by atoms with van der Waals surface area (Å²) in [6, 6.07) is 59.1. The van der Waals surface area contributed by atoms with Crippen LogP contribution in [0, 0.1) is 0 Å². The van der Waals surface area contributed by atoms with E-state index >= 15 is 0 Å². The van der Waals surface area contributed by atoms with E-state index in [9.17, 15) is 0 Å². The Morgan fingerprint density at radius 2 is 1.17 bits per heavy atom. The van der Waals surface area contributed by atoms with Crippen molar-refractivity contribution in [2.24, 2.45) is 0 Å². The van der Waals surface area contributed by atoms with Crippen LogP contribution in [0.3, 0.4) is 0 Å². The van der Waals surface area contributed by atoms with E-state index in [4.69, 9.17) is 4.42 Å². The second kappa shape index (κ2) is 13.5. The third kappa shape index (κ3) is 5.12. The molecule has 5 heteroatoms. The fourth-order valence-corrected chi connectivity index (χ4v) is 15.1. The summed E-state index contributed by atoms with van der Waals surface area (Å²) in [5, 5.41) is 2.28. The highest BCUT2D eigenvalue weighted by atomic mass is 16.3. The van der Waals surface area contributed by atoms with Gasteiger partial charge in [0.2, 0.25) is 0 Å². The van der Waals surface area contributed by atoms with Crippen LogP contribution in [0.5, 0.6) is 0 Å². The minimum absolute atomic E-state index is 0.00260. The zero-order chi connectivity index (χ0) is 48.3. The molecule has 71 heavy (non-hydrogen) atoms. The fraction of sp³-hybridized carbons (Fsp3) is 0.273. The van der Waals surface area contributed by atoms with Crippen molar-refractivity contribution in [3.63, 3.8) is 0 Å². The van der Waals surface area contributed by atoms with Crippen molar-refractivity contribution in [2.75, 3.05) is 14.7 Å². The van der Waals surface area contributed by atoms with Gasteiger partial charge in [0.05, 0.1) is 11.2 Å². The monoisotopic (exact) mass is 921 g/mol. The summed E-state index contributed by atoms with van der Waals surface area (Å²) >= 11 is 0. The quantitative estimate of drug-likeness (QED) is 0.161. The maximum absolute atomic E-state index is 6.52. The smallest absolute Gasteiger partial charge is 0.252 e. The van der Waals surface area contributed by atoms with Crippen LogP contribution < -0.4 is 31.1 Å². The van der Waals surface area contributed by atoms with Crippen molar-refractivity contribution < 1.29 is 4.42 Å². The van der Waals surface area contributed by atoms with Gasteiger partial charge in [-0.15, -0.1) is 0 Å². The zero-order valence-corrected chi connectivity index (χ0v) is 42.6. The molecule has 6 aliphatic rings. The largest absolute Gasteiger partial charge is 0.456 e. The maximum atomic E-state index is 6.52. The summed E-state index contributed by atoms with van der Waals surface area (Å²) in [6.07, 6.45) is 4.79. The van der Waals surface area contributed by atoms with Crippen molar-refractivity contribution in [3.05, 3.63) is 185 Å². The van der Waals surface area contributed by atoms with Crippen LogP contribution in [-0.4, -0.2) is 12.3 Å². The number of hydrogen-bond acceptors (Lipinski definition) is 4. The maximum Gasteiger partial charge on any atom is 0.252 e. The first-order valence-electron chi connectivity index (χ1n) is 26.3. The molecule has 5 heterocycles. The Hall–Kier alpha value is -6.98. The second-order valence-corrected chi connectivity index (χ2v) is 24.6. The summed E-state index contributed by atoms with van der Waals surface area (Å²) < 4.78 is 6.52. The van der Waals surface area contributed by atoms with E-state index in [1.165, 1.54) is 120 Å². The molecule has 4 aliphatic heterocycles. The standard InChI is InChI=1S/C66H60BN3O/c1-62(2,3)39-27-29-53-50(34-39)67-51-35-40(63(4,5)6)33-49-61(51)69(54-25-18-21-45-43-19-10-12-22-47(43)66(49,9)59(45)54)56-38-42(70-52-24-14-13-23-48(52)64(7)31-16-17-32-65(64,70)8)37-55(60(56)67)68(53)41-28-30-58-46(36-41)44-20-11-15-26-57(44)71-58/h10-15,18-30,33-38H,16-17,31-32H2,1-9H3. The van der Waals surface area contributed by atoms with Gasteiger partial charge < -0.3 is 19.1 Å². The average molecular weight is 922 g/mol. The molecule has 0 amide bonds. The number of benzene rings is 8. The lowest BCUT2D eigenvalue weighted by Crippen LogP contribution is -2.63. The highest BCUT2D eigenvalue weighted by Crippen LogP contribution is 2.65. The molecule has 9 aromatic rings.